The maximum atomic E-state index is 13.0. The number of carbonyl (C=O) groups excluding carboxylic acids is 2. The Morgan fingerprint density at radius 3 is 2.41 bits per heavy atom. The van der Waals surface area contributed by atoms with Crippen LogP contribution in [0.3, 0.4) is 0 Å². The van der Waals surface area contributed by atoms with Crippen LogP contribution < -0.4 is 9.47 Å². The van der Waals surface area contributed by atoms with Crippen molar-refractivity contribution in [2.75, 3.05) is 20.8 Å². The molecule has 1 N–H and O–H groups in total. The van der Waals surface area contributed by atoms with E-state index in [2.05, 4.69) is 0 Å². The van der Waals surface area contributed by atoms with Crippen LogP contribution in [0.15, 0.2) is 54.1 Å². The van der Waals surface area contributed by atoms with E-state index in [0.717, 1.165) is 18.4 Å². The topological polar surface area (TPSA) is 76.1 Å². The fourth-order valence-electron chi connectivity index (χ4n) is 3.57. The number of aliphatic hydroxyl groups is 1. The average Bonchev–Trinajstić information content (AvgIpc) is 3.02. The third kappa shape index (κ3) is 3.83. The Morgan fingerprint density at radius 1 is 1.07 bits per heavy atom. The molecule has 1 aliphatic heterocycles. The molecule has 1 unspecified atom stereocenters. The molecule has 0 aromatic heterocycles. The highest BCUT2D eigenvalue weighted by atomic mass is 16.5. The van der Waals surface area contributed by atoms with Gasteiger partial charge in [-0.3, -0.25) is 9.59 Å². The Morgan fingerprint density at radius 2 is 1.79 bits per heavy atom. The van der Waals surface area contributed by atoms with Gasteiger partial charge in [0.1, 0.15) is 17.3 Å². The van der Waals surface area contributed by atoms with E-state index in [0.29, 0.717) is 23.6 Å². The van der Waals surface area contributed by atoms with Crippen LogP contribution in [0.1, 0.15) is 36.9 Å². The molecule has 1 atom stereocenters. The van der Waals surface area contributed by atoms with Gasteiger partial charge >= 0.3 is 0 Å². The molecule has 0 aliphatic carbocycles. The molecule has 1 aliphatic rings. The molecular formula is C23H25NO5. The van der Waals surface area contributed by atoms with Gasteiger partial charge in [0, 0.05) is 6.54 Å². The van der Waals surface area contributed by atoms with E-state index < -0.39 is 17.7 Å². The van der Waals surface area contributed by atoms with Crippen molar-refractivity contribution in [1.29, 1.82) is 0 Å². The Labute approximate surface area is 170 Å². The molecule has 3 rings (SSSR count). The number of hydrogen-bond acceptors (Lipinski definition) is 5. The number of unbranched alkanes of at least 4 members (excludes halogenated alkanes) is 1. The number of amides is 1. The fourth-order valence-corrected chi connectivity index (χ4v) is 3.57. The van der Waals surface area contributed by atoms with Gasteiger partial charge in [0.15, 0.2) is 0 Å². The van der Waals surface area contributed by atoms with Gasteiger partial charge in [0.2, 0.25) is 0 Å². The molecule has 0 saturated carbocycles. The van der Waals surface area contributed by atoms with E-state index in [1.807, 2.05) is 37.3 Å². The Hall–Kier alpha value is -3.28. The summed E-state index contributed by atoms with van der Waals surface area (Å²) in [5.74, 6) is -0.682. The predicted molar refractivity (Wildman–Crippen MR) is 110 cm³/mol. The summed E-state index contributed by atoms with van der Waals surface area (Å²) in [6.45, 7) is 2.46. The summed E-state index contributed by atoms with van der Waals surface area (Å²) >= 11 is 0. The quantitative estimate of drug-likeness (QED) is 0.437. The van der Waals surface area contributed by atoms with Gasteiger partial charge in [-0.1, -0.05) is 43.7 Å². The van der Waals surface area contributed by atoms with Gasteiger partial charge in [0.25, 0.3) is 11.7 Å². The third-order valence-electron chi connectivity index (χ3n) is 5.07. The first kappa shape index (κ1) is 20.5. The van der Waals surface area contributed by atoms with Gasteiger partial charge in [-0.2, -0.15) is 0 Å². The molecular weight excluding hydrogens is 370 g/mol. The van der Waals surface area contributed by atoms with Gasteiger partial charge < -0.3 is 19.5 Å². The summed E-state index contributed by atoms with van der Waals surface area (Å²) in [6, 6.07) is 13.6. The highest BCUT2D eigenvalue weighted by Gasteiger charge is 2.45. The van der Waals surface area contributed by atoms with E-state index >= 15 is 0 Å². The number of hydrogen-bond donors (Lipinski definition) is 1. The van der Waals surface area contributed by atoms with Crippen molar-refractivity contribution in [2.45, 2.75) is 25.8 Å². The highest BCUT2D eigenvalue weighted by Crippen LogP contribution is 2.41. The summed E-state index contributed by atoms with van der Waals surface area (Å²) in [4.78, 5) is 27.3. The Kier molecular flexibility index (Phi) is 6.22. The van der Waals surface area contributed by atoms with Crippen LogP contribution in [-0.4, -0.2) is 42.5 Å². The molecule has 1 heterocycles. The highest BCUT2D eigenvalue weighted by molar-refractivity contribution is 6.46. The lowest BCUT2D eigenvalue weighted by atomic mass is 9.95. The number of rotatable bonds is 7. The zero-order chi connectivity index (χ0) is 21.0. The van der Waals surface area contributed by atoms with Gasteiger partial charge in [-0.15, -0.1) is 0 Å². The van der Waals surface area contributed by atoms with Crippen LogP contribution in [0.2, 0.25) is 0 Å². The zero-order valence-corrected chi connectivity index (χ0v) is 16.8. The standard InChI is InChI=1S/C23H25NO5/c1-4-5-13-24-20(15-9-7-6-8-10-15)19(22(26)23(24)27)21(25)17-14-16(28-2)11-12-18(17)29-3/h6-12,14,20,25H,4-5,13H2,1-3H3/b21-19+. The summed E-state index contributed by atoms with van der Waals surface area (Å²) in [6.07, 6.45) is 1.65. The predicted octanol–water partition coefficient (Wildman–Crippen LogP) is 3.93. The molecule has 0 spiro atoms. The SMILES string of the molecule is CCCCN1C(=O)C(=O)/C(=C(/O)c2cc(OC)ccc2OC)C1c1ccccc1. The number of Topliss-reactive ketones (excluding diaryl/α,β-unsaturated/α-hetero) is 1. The number of methoxy groups -OCH3 is 2. The van der Waals surface area contributed by atoms with Crippen molar-refractivity contribution >= 4 is 17.4 Å². The normalized spacial score (nSPS) is 18.2. The first-order chi connectivity index (χ1) is 14.0. The van der Waals surface area contributed by atoms with Gasteiger partial charge in [-0.25, -0.2) is 0 Å². The Bertz CT molecular complexity index is 936. The van der Waals surface area contributed by atoms with Crippen molar-refractivity contribution in [1.82, 2.24) is 4.90 Å². The monoisotopic (exact) mass is 395 g/mol. The molecule has 2 aromatic rings. The van der Waals surface area contributed by atoms with Crippen LogP contribution in [0.4, 0.5) is 0 Å². The fraction of sp³-hybridized carbons (Fsp3) is 0.304. The van der Waals surface area contributed by atoms with Crippen LogP contribution >= 0.6 is 0 Å². The minimum Gasteiger partial charge on any atom is -0.507 e. The molecule has 6 nitrogen and oxygen atoms in total. The number of ketones is 1. The second-order valence-electron chi connectivity index (χ2n) is 6.82. The number of aliphatic hydroxyl groups excluding tert-OH is 1. The molecule has 0 bridgehead atoms. The first-order valence-corrected chi connectivity index (χ1v) is 9.59. The lowest BCUT2D eigenvalue weighted by Gasteiger charge is -2.25. The van der Waals surface area contributed by atoms with E-state index in [1.165, 1.54) is 14.2 Å². The van der Waals surface area contributed by atoms with Crippen molar-refractivity contribution < 1.29 is 24.2 Å². The minimum atomic E-state index is -0.697. The zero-order valence-electron chi connectivity index (χ0n) is 16.8. The largest absolute Gasteiger partial charge is 0.507 e. The summed E-state index contributed by atoms with van der Waals surface area (Å²) < 4.78 is 10.6. The van der Waals surface area contributed by atoms with E-state index in [-0.39, 0.29) is 11.3 Å². The second kappa shape index (κ2) is 8.82. The number of benzene rings is 2. The lowest BCUT2D eigenvalue weighted by molar-refractivity contribution is -0.139. The molecule has 1 saturated heterocycles. The molecule has 0 radical (unpaired) electrons. The number of likely N-dealkylation sites (tertiary alicyclic amines) is 1. The smallest absolute Gasteiger partial charge is 0.295 e. The van der Waals surface area contributed by atoms with Crippen molar-refractivity contribution in [3.8, 4) is 11.5 Å². The first-order valence-electron chi connectivity index (χ1n) is 9.59. The number of ether oxygens (including phenoxy) is 2. The molecule has 6 heteroatoms. The minimum absolute atomic E-state index is 0.0591. The summed E-state index contributed by atoms with van der Waals surface area (Å²) in [7, 11) is 2.99. The van der Waals surface area contributed by atoms with Crippen LogP contribution in [0.25, 0.3) is 5.76 Å². The van der Waals surface area contributed by atoms with E-state index in [4.69, 9.17) is 9.47 Å². The molecule has 29 heavy (non-hydrogen) atoms. The van der Waals surface area contributed by atoms with Crippen LogP contribution in [0, 0.1) is 0 Å². The maximum absolute atomic E-state index is 13.0. The van der Waals surface area contributed by atoms with Crippen molar-refractivity contribution in [3.63, 3.8) is 0 Å². The van der Waals surface area contributed by atoms with E-state index in [1.54, 1.807) is 23.1 Å². The average molecular weight is 395 g/mol. The third-order valence-corrected chi connectivity index (χ3v) is 5.07. The number of carbonyl (C=O) groups is 2. The molecule has 1 amide bonds. The van der Waals surface area contributed by atoms with Crippen molar-refractivity contribution in [3.05, 3.63) is 65.2 Å². The number of nitrogens with zero attached hydrogens (tertiary/aromatic N) is 1. The van der Waals surface area contributed by atoms with Gasteiger partial charge in [0.05, 0.1) is 31.4 Å². The van der Waals surface area contributed by atoms with Crippen molar-refractivity contribution in [2.24, 2.45) is 0 Å². The summed E-state index contributed by atoms with van der Waals surface area (Å²) in [5, 5.41) is 11.2. The second-order valence-corrected chi connectivity index (χ2v) is 6.82. The molecule has 152 valence electrons. The molecule has 1 fully saturated rings. The Balaban J connectivity index is 2.21. The van der Waals surface area contributed by atoms with Crippen LogP contribution in [-0.2, 0) is 9.59 Å². The van der Waals surface area contributed by atoms with Crippen LogP contribution in [0.5, 0.6) is 11.5 Å². The maximum Gasteiger partial charge on any atom is 0.295 e. The lowest BCUT2D eigenvalue weighted by Crippen LogP contribution is -2.30. The molecule has 2 aromatic carbocycles. The van der Waals surface area contributed by atoms with Gasteiger partial charge in [-0.05, 0) is 30.2 Å². The van der Waals surface area contributed by atoms with E-state index in [9.17, 15) is 14.7 Å². The summed E-state index contributed by atoms with van der Waals surface area (Å²) in [5.41, 5.74) is 1.14.